The standard InChI is InChI=1S/C26H37N9O7S3/c1-6-14(2)10-40-26(39)42-15(3)41-23(38)20-16(12-45-25-30-31-32-34(25)8-7-33(4)5)11-43-22-19(21(37)35(20)22)29-18(36)9-17-13-44-24(27)28-17/h13-15,19,22H,6-12H2,1-5H3,(H2,27,28)(H,29,36)/t14?,15?,19-,22+/m1/s1. The first-order chi connectivity index (χ1) is 21.5. The van der Waals surface area contributed by atoms with Gasteiger partial charge in [-0.15, -0.1) is 28.2 Å². The molecule has 4 atom stereocenters. The molecule has 0 saturated carbocycles. The summed E-state index contributed by atoms with van der Waals surface area (Å²) < 4.78 is 17.3. The van der Waals surface area contributed by atoms with Crippen LogP contribution in [0.25, 0.3) is 0 Å². The monoisotopic (exact) mass is 683 g/mol. The topological polar surface area (TPSA) is 197 Å². The lowest BCUT2D eigenvalue weighted by molar-refractivity contribution is -0.169. The van der Waals surface area contributed by atoms with Crippen LogP contribution in [-0.2, 0) is 41.6 Å². The second kappa shape index (κ2) is 15.7. The van der Waals surface area contributed by atoms with Crippen LogP contribution in [0.5, 0.6) is 0 Å². The van der Waals surface area contributed by atoms with E-state index in [4.69, 9.17) is 19.9 Å². The minimum atomic E-state index is -1.29. The lowest BCUT2D eigenvalue weighted by Crippen LogP contribution is -2.70. The number of ether oxygens (including phenoxy) is 3. The number of anilines is 1. The maximum Gasteiger partial charge on any atom is 0.511 e. The minimum absolute atomic E-state index is 0.0322. The van der Waals surface area contributed by atoms with E-state index in [9.17, 15) is 19.2 Å². The second-order valence-corrected chi connectivity index (χ2v) is 13.6. The Hall–Kier alpha value is -3.42. The maximum absolute atomic E-state index is 13.5. The number of rotatable bonds is 15. The number of amides is 2. The van der Waals surface area contributed by atoms with Gasteiger partial charge in [-0.2, -0.15) is 0 Å². The van der Waals surface area contributed by atoms with Gasteiger partial charge in [-0.25, -0.2) is 19.3 Å². The first kappa shape index (κ1) is 34.5. The Bertz CT molecular complexity index is 1420. The molecule has 2 amide bonds. The van der Waals surface area contributed by atoms with Crippen molar-refractivity contribution in [3.05, 3.63) is 22.3 Å². The number of esters is 1. The number of thiazole rings is 1. The molecule has 4 rings (SSSR count). The van der Waals surface area contributed by atoms with Gasteiger partial charge in [-0.3, -0.25) is 14.5 Å². The number of hydrogen-bond acceptors (Lipinski definition) is 16. The highest BCUT2D eigenvalue weighted by atomic mass is 32.2. The quantitative estimate of drug-likeness (QED) is 0.118. The molecule has 2 aliphatic rings. The average Bonchev–Trinajstić information content (AvgIpc) is 3.63. The highest BCUT2D eigenvalue weighted by Gasteiger charge is 2.54. The number of nitrogens with one attached hydrogen (secondary N) is 1. The van der Waals surface area contributed by atoms with E-state index in [1.807, 2.05) is 32.8 Å². The number of fused-ring (bicyclic) bond motifs is 1. The second-order valence-electron chi connectivity index (χ2n) is 10.7. The number of β-lactam (4-membered cyclic amide) rings is 1. The summed E-state index contributed by atoms with van der Waals surface area (Å²) in [6, 6.07) is -0.849. The highest BCUT2D eigenvalue weighted by molar-refractivity contribution is 8.01. The third-order valence-electron chi connectivity index (χ3n) is 6.82. The lowest BCUT2D eigenvalue weighted by atomic mass is 10.0. The molecule has 2 aliphatic heterocycles. The zero-order valence-corrected chi connectivity index (χ0v) is 28.1. The molecule has 0 spiro atoms. The summed E-state index contributed by atoms with van der Waals surface area (Å²) in [6.07, 6.45) is -1.47. The van der Waals surface area contributed by atoms with Crippen LogP contribution in [0, 0.1) is 5.92 Å². The molecular weight excluding hydrogens is 647 g/mol. The first-order valence-electron chi connectivity index (χ1n) is 14.2. The molecule has 2 aromatic rings. The number of carbonyl (C=O) groups excluding carboxylic acids is 4. The largest absolute Gasteiger partial charge is 0.511 e. The van der Waals surface area contributed by atoms with Gasteiger partial charge in [0.25, 0.3) is 5.91 Å². The van der Waals surface area contributed by atoms with Gasteiger partial charge in [0.05, 0.1) is 25.3 Å². The van der Waals surface area contributed by atoms with E-state index in [0.29, 0.717) is 33.9 Å². The Kier molecular flexibility index (Phi) is 12.0. The summed E-state index contributed by atoms with van der Waals surface area (Å²) in [6.45, 7) is 6.74. The summed E-state index contributed by atoms with van der Waals surface area (Å²) in [7, 11) is 3.89. The van der Waals surface area contributed by atoms with Gasteiger partial charge in [0.2, 0.25) is 17.4 Å². The van der Waals surface area contributed by atoms with Crippen molar-refractivity contribution in [2.24, 2.45) is 5.92 Å². The van der Waals surface area contributed by atoms with E-state index >= 15 is 0 Å². The molecule has 0 aromatic carbocycles. The van der Waals surface area contributed by atoms with E-state index in [1.54, 1.807) is 10.1 Å². The molecule has 246 valence electrons. The number of likely N-dealkylation sites (N-methyl/N-ethyl adjacent to an activating group) is 1. The molecule has 1 saturated heterocycles. The molecule has 0 bridgehead atoms. The SMILES string of the molecule is CCC(C)COC(=O)OC(C)OC(=O)C1=C(CSc2nnnn2CCN(C)C)CS[C@H]2[C@H](NC(=O)Cc3csc(N)n3)C(=O)N12. The number of nitrogens with two attached hydrogens (primary N) is 1. The Morgan fingerprint density at radius 1 is 1.27 bits per heavy atom. The normalized spacial score (nSPS) is 19.1. The summed E-state index contributed by atoms with van der Waals surface area (Å²) in [5.41, 5.74) is 6.80. The van der Waals surface area contributed by atoms with Gasteiger partial charge < -0.3 is 30.2 Å². The summed E-state index contributed by atoms with van der Waals surface area (Å²) >= 11 is 3.95. The lowest BCUT2D eigenvalue weighted by Gasteiger charge is -2.49. The Labute approximate surface area is 272 Å². The van der Waals surface area contributed by atoms with Crippen molar-refractivity contribution in [2.45, 2.75) is 63.0 Å². The van der Waals surface area contributed by atoms with Gasteiger partial charge in [0, 0.05) is 30.4 Å². The van der Waals surface area contributed by atoms with Crippen molar-refractivity contribution in [1.82, 2.24) is 40.3 Å². The molecule has 0 aliphatic carbocycles. The summed E-state index contributed by atoms with van der Waals surface area (Å²) in [5, 5.41) is 16.7. The molecule has 2 aromatic heterocycles. The third kappa shape index (κ3) is 9.08. The maximum atomic E-state index is 13.5. The zero-order chi connectivity index (χ0) is 32.7. The smallest absolute Gasteiger partial charge is 0.434 e. The van der Waals surface area contributed by atoms with E-state index in [0.717, 1.165) is 13.0 Å². The fraction of sp³-hybridized carbons (Fsp3) is 0.615. The van der Waals surface area contributed by atoms with Crippen molar-refractivity contribution < 1.29 is 33.4 Å². The molecule has 2 unspecified atom stereocenters. The van der Waals surface area contributed by atoms with E-state index in [-0.39, 0.29) is 30.4 Å². The number of aromatic nitrogens is 5. The number of carbonyl (C=O) groups is 4. The van der Waals surface area contributed by atoms with Crippen molar-refractivity contribution in [1.29, 1.82) is 0 Å². The van der Waals surface area contributed by atoms with Crippen LogP contribution in [0.4, 0.5) is 9.93 Å². The number of nitrogens with zero attached hydrogens (tertiary/aromatic N) is 7. The molecule has 45 heavy (non-hydrogen) atoms. The first-order valence-corrected chi connectivity index (χ1v) is 17.1. The molecule has 4 heterocycles. The van der Waals surface area contributed by atoms with E-state index in [1.165, 1.54) is 46.7 Å². The van der Waals surface area contributed by atoms with Gasteiger partial charge in [0.1, 0.15) is 17.1 Å². The molecular formula is C26H37N9O7S3. The number of hydrogen-bond donors (Lipinski definition) is 2. The van der Waals surface area contributed by atoms with Crippen molar-refractivity contribution >= 4 is 63.9 Å². The minimum Gasteiger partial charge on any atom is -0.434 e. The van der Waals surface area contributed by atoms with Crippen molar-refractivity contribution in [2.75, 3.05) is 44.5 Å². The Morgan fingerprint density at radius 3 is 2.73 bits per heavy atom. The van der Waals surface area contributed by atoms with Crippen LogP contribution in [-0.4, -0.2) is 115 Å². The van der Waals surface area contributed by atoms with Crippen LogP contribution in [0.1, 0.15) is 32.9 Å². The summed E-state index contributed by atoms with van der Waals surface area (Å²) in [4.78, 5) is 59.2. The van der Waals surface area contributed by atoms with E-state index in [2.05, 4.69) is 25.8 Å². The van der Waals surface area contributed by atoms with Crippen LogP contribution >= 0.6 is 34.9 Å². The van der Waals surface area contributed by atoms with Crippen molar-refractivity contribution in [3.63, 3.8) is 0 Å². The van der Waals surface area contributed by atoms with Gasteiger partial charge in [0.15, 0.2) is 5.13 Å². The van der Waals surface area contributed by atoms with Crippen LogP contribution in [0.2, 0.25) is 0 Å². The molecule has 0 radical (unpaired) electrons. The molecule has 1 fully saturated rings. The zero-order valence-electron chi connectivity index (χ0n) is 25.6. The van der Waals surface area contributed by atoms with Crippen LogP contribution in [0.15, 0.2) is 21.8 Å². The van der Waals surface area contributed by atoms with Crippen molar-refractivity contribution in [3.8, 4) is 0 Å². The molecule has 16 nitrogen and oxygen atoms in total. The number of tetrazole rings is 1. The predicted molar refractivity (Wildman–Crippen MR) is 167 cm³/mol. The fourth-order valence-corrected chi connectivity index (χ4v) is 7.14. The highest BCUT2D eigenvalue weighted by Crippen LogP contribution is 2.42. The number of nitrogen functional groups attached to an aromatic ring is 1. The molecule has 3 N–H and O–H groups in total. The summed E-state index contributed by atoms with van der Waals surface area (Å²) in [5.74, 6) is -0.911. The van der Waals surface area contributed by atoms with Gasteiger partial charge >= 0.3 is 12.1 Å². The third-order valence-corrected chi connectivity index (χ3v) is 9.93. The van der Waals surface area contributed by atoms with Crippen LogP contribution < -0.4 is 11.1 Å². The average molecular weight is 684 g/mol. The Balaban J connectivity index is 1.47. The fourth-order valence-electron chi connectivity index (χ4n) is 4.19. The van der Waals surface area contributed by atoms with Crippen LogP contribution in [0.3, 0.4) is 0 Å². The van der Waals surface area contributed by atoms with Gasteiger partial charge in [-0.1, -0.05) is 32.0 Å². The Morgan fingerprint density at radius 2 is 2.04 bits per heavy atom. The van der Waals surface area contributed by atoms with Gasteiger partial charge in [-0.05, 0) is 36.0 Å². The van der Waals surface area contributed by atoms with E-state index < -0.39 is 41.6 Å². The molecule has 19 heteroatoms. The predicted octanol–water partition coefficient (Wildman–Crippen LogP) is 1.35. The number of thioether (sulfide) groups is 2.